The standard InChI is InChI=1S/C28H22O4/c1-19(28(30)31)32-27-24(20-11-5-2-6-12-20)17-23(26(29)22-15-9-4-10-16-22)18-25(27)21-13-7-3-8-14-21/h2-19H,1H3,(H,30,31). The molecule has 4 aromatic rings. The number of carboxylic acid groups (broad SMARTS) is 1. The molecule has 0 aliphatic carbocycles. The topological polar surface area (TPSA) is 63.6 Å². The maximum atomic E-state index is 13.3. The molecule has 0 aliphatic heterocycles. The van der Waals surface area contributed by atoms with Crippen molar-refractivity contribution in [1.29, 1.82) is 0 Å². The van der Waals surface area contributed by atoms with E-state index in [0.717, 1.165) is 11.1 Å². The third-order valence-electron chi connectivity index (χ3n) is 5.20. The summed E-state index contributed by atoms with van der Waals surface area (Å²) < 4.78 is 5.98. The Morgan fingerprint density at radius 2 is 1.12 bits per heavy atom. The largest absolute Gasteiger partial charge is 0.479 e. The number of rotatable bonds is 7. The molecule has 0 aromatic heterocycles. The fraction of sp³-hybridized carbons (Fsp3) is 0.0714. The lowest BCUT2D eigenvalue weighted by Gasteiger charge is -2.20. The van der Waals surface area contributed by atoms with E-state index in [2.05, 4.69) is 0 Å². The summed E-state index contributed by atoms with van der Waals surface area (Å²) in [5.74, 6) is -0.743. The minimum absolute atomic E-state index is 0.113. The van der Waals surface area contributed by atoms with Crippen LogP contribution in [-0.4, -0.2) is 23.0 Å². The van der Waals surface area contributed by atoms with Crippen molar-refractivity contribution in [3.63, 3.8) is 0 Å². The quantitative estimate of drug-likeness (QED) is 0.365. The van der Waals surface area contributed by atoms with Gasteiger partial charge in [-0.1, -0.05) is 91.0 Å². The van der Waals surface area contributed by atoms with E-state index in [4.69, 9.17) is 4.74 Å². The summed E-state index contributed by atoms with van der Waals surface area (Å²) >= 11 is 0. The zero-order valence-corrected chi connectivity index (χ0v) is 17.6. The zero-order chi connectivity index (χ0) is 22.5. The summed E-state index contributed by atoms with van der Waals surface area (Å²) in [5.41, 5.74) is 4.08. The second-order valence-electron chi connectivity index (χ2n) is 7.43. The lowest BCUT2D eigenvalue weighted by Crippen LogP contribution is -2.23. The third-order valence-corrected chi connectivity index (χ3v) is 5.20. The highest BCUT2D eigenvalue weighted by molar-refractivity contribution is 6.10. The Morgan fingerprint density at radius 3 is 1.56 bits per heavy atom. The van der Waals surface area contributed by atoms with Gasteiger partial charge in [-0.25, -0.2) is 4.79 Å². The highest BCUT2D eigenvalue weighted by atomic mass is 16.5. The summed E-state index contributed by atoms with van der Waals surface area (Å²) in [4.78, 5) is 24.9. The second kappa shape index (κ2) is 9.31. The lowest BCUT2D eigenvalue weighted by atomic mass is 9.91. The molecular formula is C28H22O4. The first kappa shape index (κ1) is 21.1. The zero-order valence-electron chi connectivity index (χ0n) is 17.6. The van der Waals surface area contributed by atoms with Gasteiger partial charge in [-0.15, -0.1) is 0 Å². The number of carbonyl (C=O) groups is 2. The number of benzene rings is 4. The van der Waals surface area contributed by atoms with Gasteiger partial charge in [-0.05, 0) is 30.2 Å². The van der Waals surface area contributed by atoms with Crippen LogP contribution in [-0.2, 0) is 4.79 Å². The van der Waals surface area contributed by atoms with Crippen LogP contribution in [0.1, 0.15) is 22.8 Å². The number of ether oxygens (including phenoxy) is 1. The third kappa shape index (κ3) is 4.44. The van der Waals surface area contributed by atoms with Gasteiger partial charge in [-0.2, -0.15) is 0 Å². The maximum absolute atomic E-state index is 13.3. The Labute approximate surface area is 186 Å². The molecule has 1 N–H and O–H groups in total. The van der Waals surface area contributed by atoms with Crippen molar-refractivity contribution in [1.82, 2.24) is 0 Å². The van der Waals surface area contributed by atoms with Gasteiger partial charge < -0.3 is 9.84 Å². The van der Waals surface area contributed by atoms with Crippen molar-refractivity contribution in [3.8, 4) is 28.0 Å². The molecule has 4 rings (SSSR count). The number of carboxylic acids is 1. The lowest BCUT2D eigenvalue weighted by molar-refractivity contribution is -0.144. The fourth-order valence-electron chi connectivity index (χ4n) is 3.53. The molecule has 0 aliphatic rings. The minimum atomic E-state index is -1.06. The summed E-state index contributed by atoms with van der Waals surface area (Å²) in [5, 5.41) is 9.48. The molecular weight excluding hydrogens is 400 g/mol. The Balaban J connectivity index is 1.98. The van der Waals surface area contributed by atoms with Crippen molar-refractivity contribution in [2.24, 2.45) is 0 Å². The molecule has 32 heavy (non-hydrogen) atoms. The molecule has 4 nitrogen and oxygen atoms in total. The summed E-state index contributed by atoms with van der Waals surface area (Å²) in [6.07, 6.45) is -1.06. The summed E-state index contributed by atoms with van der Waals surface area (Å²) in [7, 11) is 0. The predicted molar refractivity (Wildman–Crippen MR) is 125 cm³/mol. The highest BCUT2D eigenvalue weighted by Gasteiger charge is 2.23. The molecule has 0 saturated carbocycles. The van der Waals surface area contributed by atoms with E-state index >= 15 is 0 Å². The van der Waals surface area contributed by atoms with Gasteiger partial charge in [0.1, 0.15) is 5.75 Å². The van der Waals surface area contributed by atoms with E-state index in [1.807, 2.05) is 78.9 Å². The Hall–Kier alpha value is -4.18. The number of hydrogen-bond donors (Lipinski definition) is 1. The normalized spacial score (nSPS) is 11.5. The molecule has 0 amide bonds. The van der Waals surface area contributed by atoms with Gasteiger partial charge in [0.2, 0.25) is 0 Å². The summed E-state index contributed by atoms with van der Waals surface area (Å²) in [6.45, 7) is 1.49. The number of ketones is 1. The maximum Gasteiger partial charge on any atom is 0.344 e. The van der Waals surface area contributed by atoms with E-state index in [0.29, 0.717) is 28.0 Å². The molecule has 1 unspecified atom stereocenters. The number of aliphatic carboxylic acids is 1. The molecule has 1 atom stereocenters. The summed E-state index contributed by atoms with van der Waals surface area (Å²) in [6, 6.07) is 31.7. The van der Waals surface area contributed by atoms with Crippen molar-refractivity contribution in [3.05, 3.63) is 114 Å². The first-order chi connectivity index (χ1) is 15.5. The van der Waals surface area contributed by atoms with Crippen molar-refractivity contribution >= 4 is 11.8 Å². The first-order valence-electron chi connectivity index (χ1n) is 10.3. The van der Waals surface area contributed by atoms with Crippen LogP contribution in [0.2, 0.25) is 0 Å². The van der Waals surface area contributed by atoms with Crippen LogP contribution < -0.4 is 4.74 Å². The van der Waals surface area contributed by atoms with Crippen molar-refractivity contribution < 1.29 is 19.4 Å². The van der Waals surface area contributed by atoms with Gasteiger partial charge in [0.25, 0.3) is 0 Å². The number of carbonyl (C=O) groups excluding carboxylic acids is 1. The van der Waals surface area contributed by atoms with Crippen LogP contribution in [0.5, 0.6) is 5.75 Å². The van der Waals surface area contributed by atoms with E-state index < -0.39 is 12.1 Å². The van der Waals surface area contributed by atoms with E-state index in [-0.39, 0.29) is 5.78 Å². The Kier molecular flexibility index (Phi) is 6.13. The van der Waals surface area contributed by atoms with Crippen LogP contribution in [0.3, 0.4) is 0 Å². The van der Waals surface area contributed by atoms with Crippen LogP contribution in [0.4, 0.5) is 0 Å². The van der Waals surface area contributed by atoms with Crippen LogP contribution in [0, 0.1) is 0 Å². The predicted octanol–water partition coefficient (Wildman–Crippen LogP) is 6.10. The van der Waals surface area contributed by atoms with Gasteiger partial charge in [0.15, 0.2) is 11.9 Å². The van der Waals surface area contributed by atoms with E-state index in [1.54, 1.807) is 24.3 Å². The molecule has 0 spiro atoms. The highest BCUT2D eigenvalue weighted by Crippen LogP contribution is 2.41. The molecule has 0 fully saturated rings. The van der Waals surface area contributed by atoms with Crippen LogP contribution in [0.25, 0.3) is 22.3 Å². The minimum Gasteiger partial charge on any atom is -0.479 e. The SMILES string of the molecule is CC(Oc1c(-c2ccccc2)cc(C(=O)c2ccccc2)cc1-c1ccccc1)C(=O)O. The monoisotopic (exact) mass is 422 g/mol. The van der Waals surface area contributed by atoms with Gasteiger partial charge >= 0.3 is 5.97 Å². The van der Waals surface area contributed by atoms with E-state index in [9.17, 15) is 14.7 Å². The van der Waals surface area contributed by atoms with Gasteiger partial charge in [0, 0.05) is 22.3 Å². The molecule has 4 heteroatoms. The molecule has 0 radical (unpaired) electrons. The average molecular weight is 422 g/mol. The van der Waals surface area contributed by atoms with E-state index in [1.165, 1.54) is 6.92 Å². The smallest absolute Gasteiger partial charge is 0.344 e. The molecule has 158 valence electrons. The Bertz CT molecular complexity index is 1170. The van der Waals surface area contributed by atoms with Crippen LogP contribution in [0.15, 0.2) is 103 Å². The molecule has 4 aromatic carbocycles. The average Bonchev–Trinajstić information content (AvgIpc) is 2.85. The van der Waals surface area contributed by atoms with Crippen molar-refractivity contribution in [2.75, 3.05) is 0 Å². The molecule has 0 saturated heterocycles. The fourth-order valence-corrected chi connectivity index (χ4v) is 3.53. The van der Waals surface area contributed by atoms with Crippen molar-refractivity contribution in [2.45, 2.75) is 13.0 Å². The van der Waals surface area contributed by atoms with Crippen LogP contribution >= 0.6 is 0 Å². The van der Waals surface area contributed by atoms with Gasteiger partial charge in [0.05, 0.1) is 0 Å². The first-order valence-corrected chi connectivity index (χ1v) is 10.3. The Morgan fingerprint density at radius 1 is 0.688 bits per heavy atom. The second-order valence-corrected chi connectivity index (χ2v) is 7.43. The van der Waals surface area contributed by atoms with Gasteiger partial charge in [-0.3, -0.25) is 4.79 Å². The molecule has 0 bridgehead atoms. The molecule has 0 heterocycles. The number of hydrogen-bond acceptors (Lipinski definition) is 3.